The van der Waals surface area contributed by atoms with E-state index in [1.165, 1.54) is 0 Å². The zero-order valence-corrected chi connectivity index (χ0v) is 7.79. The smallest absolute Gasteiger partial charge is 0.126 e. The number of pyridine rings is 1. The summed E-state index contributed by atoms with van der Waals surface area (Å²) in [4.78, 5) is 3.97. The molecule has 0 aliphatic carbocycles. The number of hydrogen-bond donors (Lipinski definition) is 2. The van der Waals surface area contributed by atoms with Gasteiger partial charge in [-0.05, 0) is 24.5 Å². The van der Waals surface area contributed by atoms with E-state index in [-0.39, 0.29) is 0 Å². The Bertz CT molecular complexity index is 276. The molecule has 0 radical (unpaired) electrons. The first-order chi connectivity index (χ1) is 6.24. The maximum atomic E-state index is 5.66. The molecule has 4 nitrogen and oxygen atoms in total. The first kappa shape index (κ1) is 9.80. The molecule has 0 aliphatic heterocycles. The summed E-state index contributed by atoms with van der Waals surface area (Å²) in [5, 5.41) is 0. The fourth-order valence-corrected chi connectivity index (χ4v) is 1.15. The predicted molar refractivity (Wildman–Crippen MR) is 53.3 cm³/mol. The van der Waals surface area contributed by atoms with Gasteiger partial charge in [0.05, 0.1) is 11.9 Å². The maximum absolute atomic E-state index is 5.66. The van der Waals surface area contributed by atoms with Crippen LogP contribution < -0.4 is 11.5 Å². The van der Waals surface area contributed by atoms with Crippen molar-refractivity contribution in [2.75, 3.05) is 25.2 Å². The molecule has 0 spiro atoms. The average molecular weight is 181 g/mol. The second-order valence-corrected chi connectivity index (χ2v) is 2.91. The van der Waals surface area contributed by atoms with E-state index >= 15 is 0 Å². The van der Waals surface area contributed by atoms with Crippen molar-refractivity contribution in [3.63, 3.8) is 0 Å². The van der Waals surface area contributed by atoms with Gasteiger partial charge in [0.2, 0.25) is 0 Å². The molecule has 0 aromatic carbocycles. The van der Waals surface area contributed by atoms with Gasteiger partial charge in [-0.25, -0.2) is 4.98 Å². The molecular weight excluding hydrogens is 166 g/mol. The second-order valence-electron chi connectivity index (χ2n) is 2.91. The summed E-state index contributed by atoms with van der Waals surface area (Å²) in [6.45, 7) is 0.730. The number of ether oxygens (including phenoxy) is 1. The highest BCUT2D eigenvalue weighted by atomic mass is 16.5. The molecule has 0 unspecified atom stereocenters. The highest BCUT2D eigenvalue weighted by Gasteiger charge is 2.00. The van der Waals surface area contributed by atoms with E-state index in [0.29, 0.717) is 11.5 Å². The number of aromatic nitrogens is 1. The lowest BCUT2D eigenvalue weighted by Crippen LogP contribution is -2.01. The van der Waals surface area contributed by atoms with Gasteiger partial charge in [-0.3, -0.25) is 0 Å². The molecular formula is C9H15N3O. The standard InChI is InChI=1S/C9H15N3O/c1-13-4-2-3-7-5-8(10)6-12-9(7)11/h5-6H,2-4,10H2,1H3,(H2,11,12). The number of methoxy groups -OCH3 is 1. The Kier molecular flexibility index (Phi) is 3.52. The Balaban J connectivity index is 2.59. The quantitative estimate of drug-likeness (QED) is 0.674. The highest BCUT2D eigenvalue weighted by molar-refractivity contribution is 5.48. The molecule has 72 valence electrons. The number of nitrogen functional groups attached to an aromatic ring is 2. The Morgan fingerprint density at radius 3 is 2.92 bits per heavy atom. The van der Waals surface area contributed by atoms with E-state index in [2.05, 4.69) is 4.98 Å². The maximum Gasteiger partial charge on any atom is 0.126 e. The van der Waals surface area contributed by atoms with Crippen LogP contribution in [0.4, 0.5) is 11.5 Å². The van der Waals surface area contributed by atoms with E-state index in [9.17, 15) is 0 Å². The average Bonchev–Trinajstić information content (AvgIpc) is 2.11. The van der Waals surface area contributed by atoms with Gasteiger partial charge in [-0.15, -0.1) is 0 Å². The lowest BCUT2D eigenvalue weighted by molar-refractivity contribution is 0.195. The summed E-state index contributed by atoms with van der Waals surface area (Å²) in [5.74, 6) is 0.560. The van der Waals surface area contributed by atoms with E-state index in [4.69, 9.17) is 16.2 Å². The Labute approximate surface area is 77.9 Å². The largest absolute Gasteiger partial charge is 0.397 e. The summed E-state index contributed by atoms with van der Waals surface area (Å²) in [6.07, 6.45) is 3.36. The third-order valence-corrected chi connectivity index (χ3v) is 1.82. The number of nitrogens with two attached hydrogens (primary N) is 2. The van der Waals surface area contributed by atoms with Crippen molar-refractivity contribution in [1.29, 1.82) is 0 Å². The van der Waals surface area contributed by atoms with Gasteiger partial charge < -0.3 is 16.2 Å². The van der Waals surface area contributed by atoms with Crippen molar-refractivity contribution in [2.24, 2.45) is 0 Å². The van der Waals surface area contributed by atoms with Crippen LogP contribution in [0.3, 0.4) is 0 Å². The number of hydrogen-bond acceptors (Lipinski definition) is 4. The van der Waals surface area contributed by atoms with Crippen LogP contribution in [-0.2, 0) is 11.2 Å². The Hall–Kier alpha value is -1.29. The van der Waals surface area contributed by atoms with Gasteiger partial charge in [0.15, 0.2) is 0 Å². The normalized spacial score (nSPS) is 10.2. The molecule has 0 amide bonds. The lowest BCUT2D eigenvalue weighted by Gasteiger charge is -2.04. The fourth-order valence-electron chi connectivity index (χ4n) is 1.15. The number of aryl methyl sites for hydroxylation is 1. The number of rotatable bonds is 4. The van der Waals surface area contributed by atoms with Crippen molar-refractivity contribution >= 4 is 11.5 Å². The topological polar surface area (TPSA) is 74.2 Å². The minimum atomic E-state index is 0.560. The monoisotopic (exact) mass is 181 g/mol. The van der Waals surface area contributed by atoms with Gasteiger partial charge in [0, 0.05) is 13.7 Å². The van der Waals surface area contributed by atoms with Gasteiger partial charge in [-0.1, -0.05) is 0 Å². The summed E-state index contributed by atoms with van der Waals surface area (Å²) < 4.78 is 4.94. The molecule has 0 fully saturated rings. The van der Waals surface area contributed by atoms with Crippen LogP contribution in [0.25, 0.3) is 0 Å². The molecule has 1 aromatic heterocycles. The van der Waals surface area contributed by atoms with E-state index < -0.39 is 0 Å². The molecule has 0 atom stereocenters. The minimum absolute atomic E-state index is 0.560. The van der Waals surface area contributed by atoms with Crippen LogP contribution in [0.5, 0.6) is 0 Å². The van der Waals surface area contributed by atoms with Crippen LogP contribution in [0, 0.1) is 0 Å². The van der Waals surface area contributed by atoms with Crippen molar-refractivity contribution in [3.05, 3.63) is 17.8 Å². The molecule has 1 rings (SSSR count). The van der Waals surface area contributed by atoms with Crippen molar-refractivity contribution in [2.45, 2.75) is 12.8 Å². The van der Waals surface area contributed by atoms with Gasteiger partial charge in [-0.2, -0.15) is 0 Å². The summed E-state index contributed by atoms with van der Waals surface area (Å²) in [7, 11) is 1.68. The minimum Gasteiger partial charge on any atom is -0.397 e. The van der Waals surface area contributed by atoms with Crippen molar-refractivity contribution in [1.82, 2.24) is 4.98 Å². The molecule has 0 aliphatic rings. The van der Waals surface area contributed by atoms with Crippen LogP contribution >= 0.6 is 0 Å². The first-order valence-electron chi connectivity index (χ1n) is 4.23. The van der Waals surface area contributed by atoms with Crippen LogP contribution in [0.1, 0.15) is 12.0 Å². The Morgan fingerprint density at radius 1 is 1.46 bits per heavy atom. The summed E-state index contributed by atoms with van der Waals surface area (Å²) >= 11 is 0. The third-order valence-electron chi connectivity index (χ3n) is 1.82. The second kappa shape index (κ2) is 4.67. The molecule has 0 bridgehead atoms. The zero-order chi connectivity index (χ0) is 9.68. The predicted octanol–water partition coefficient (Wildman–Crippen LogP) is 0.825. The molecule has 4 N–H and O–H groups in total. The summed E-state index contributed by atoms with van der Waals surface area (Å²) in [5.41, 5.74) is 12.9. The number of nitrogens with zero attached hydrogens (tertiary/aromatic N) is 1. The van der Waals surface area contributed by atoms with Crippen molar-refractivity contribution in [3.8, 4) is 0 Å². The molecule has 4 heteroatoms. The van der Waals surface area contributed by atoms with E-state index in [1.54, 1.807) is 13.3 Å². The van der Waals surface area contributed by atoms with Gasteiger partial charge >= 0.3 is 0 Å². The van der Waals surface area contributed by atoms with Gasteiger partial charge in [0.1, 0.15) is 5.82 Å². The summed E-state index contributed by atoms with van der Waals surface area (Å²) in [6, 6.07) is 1.86. The third kappa shape index (κ3) is 2.91. The van der Waals surface area contributed by atoms with E-state index in [0.717, 1.165) is 25.0 Å². The zero-order valence-electron chi connectivity index (χ0n) is 7.79. The highest BCUT2D eigenvalue weighted by Crippen LogP contribution is 2.13. The van der Waals surface area contributed by atoms with Crippen LogP contribution in [-0.4, -0.2) is 18.7 Å². The van der Waals surface area contributed by atoms with Gasteiger partial charge in [0.25, 0.3) is 0 Å². The molecule has 13 heavy (non-hydrogen) atoms. The lowest BCUT2D eigenvalue weighted by atomic mass is 10.1. The molecule has 1 aromatic rings. The fraction of sp³-hybridized carbons (Fsp3) is 0.444. The molecule has 1 heterocycles. The molecule has 0 saturated carbocycles. The van der Waals surface area contributed by atoms with Crippen LogP contribution in [0.2, 0.25) is 0 Å². The first-order valence-corrected chi connectivity index (χ1v) is 4.23. The Morgan fingerprint density at radius 2 is 2.23 bits per heavy atom. The number of anilines is 2. The van der Waals surface area contributed by atoms with E-state index in [1.807, 2.05) is 6.07 Å². The molecule has 0 saturated heterocycles. The van der Waals surface area contributed by atoms with Crippen LogP contribution in [0.15, 0.2) is 12.3 Å². The van der Waals surface area contributed by atoms with Crippen molar-refractivity contribution < 1.29 is 4.74 Å². The SMILES string of the molecule is COCCCc1cc(N)cnc1N.